The molecule has 0 aliphatic carbocycles. The third-order valence-corrected chi connectivity index (χ3v) is 5.13. The van der Waals surface area contributed by atoms with Crippen molar-refractivity contribution in [2.24, 2.45) is 0 Å². The topological polar surface area (TPSA) is 63.7 Å². The van der Waals surface area contributed by atoms with Crippen molar-refractivity contribution in [3.05, 3.63) is 54.4 Å². The lowest BCUT2D eigenvalue weighted by Crippen LogP contribution is -2.45. The van der Waals surface area contributed by atoms with Gasteiger partial charge in [0.05, 0.1) is 6.54 Å². The minimum absolute atomic E-state index is 0.118. The first-order valence-electron chi connectivity index (χ1n) is 9.57. The SMILES string of the molecule is O=C1CCC(CCNCc2cccnc2)N1CC1COc2ccccc2O1. The van der Waals surface area contributed by atoms with Crippen LogP contribution in [0.3, 0.4) is 0 Å². The van der Waals surface area contributed by atoms with Crippen LogP contribution in [0.2, 0.25) is 0 Å². The number of hydrogen-bond acceptors (Lipinski definition) is 5. The highest BCUT2D eigenvalue weighted by molar-refractivity contribution is 5.78. The van der Waals surface area contributed by atoms with Gasteiger partial charge in [0, 0.05) is 31.4 Å². The molecule has 2 aliphatic heterocycles. The number of rotatable bonds is 7. The van der Waals surface area contributed by atoms with Gasteiger partial charge < -0.3 is 19.7 Å². The molecule has 0 spiro atoms. The van der Waals surface area contributed by atoms with Gasteiger partial charge in [-0.3, -0.25) is 9.78 Å². The Hall–Kier alpha value is -2.60. The third kappa shape index (κ3) is 4.39. The Labute approximate surface area is 159 Å². The van der Waals surface area contributed by atoms with E-state index < -0.39 is 0 Å². The van der Waals surface area contributed by atoms with Crippen molar-refractivity contribution >= 4 is 5.91 Å². The maximum atomic E-state index is 12.4. The zero-order valence-electron chi connectivity index (χ0n) is 15.3. The molecule has 1 N–H and O–H groups in total. The molecule has 27 heavy (non-hydrogen) atoms. The summed E-state index contributed by atoms with van der Waals surface area (Å²) in [5.41, 5.74) is 1.17. The van der Waals surface area contributed by atoms with E-state index in [1.807, 2.05) is 41.4 Å². The number of aromatic nitrogens is 1. The molecule has 2 unspecified atom stereocenters. The molecule has 2 aliphatic rings. The van der Waals surface area contributed by atoms with Crippen LogP contribution in [0.25, 0.3) is 0 Å². The predicted molar refractivity (Wildman–Crippen MR) is 102 cm³/mol. The Morgan fingerprint density at radius 3 is 2.93 bits per heavy atom. The molecule has 0 bridgehead atoms. The van der Waals surface area contributed by atoms with E-state index in [0.29, 0.717) is 19.6 Å². The maximum absolute atomic E-state index is 12.4. The van der Waals surface area contributed by atoms with Crippen LogP contribution in [-0.2, 0) is 11.3 Å². The number of pyridine rings is 1. The van der Waals surface area contributed by atoms with E-state index >= 15 is 0 Å². The van der Waals surface area contributed by atoms with Crippen molar-refractivity contribution in [3.63, 3.8) is 0 Å². The summed E-state index contributed by atoms with van der Waals surface area (Å²) in [6.45, 7) is 2.73. The summed E-state index contributed by atoms with van der Waals surface area (Å²) < 4.78 is 11.8. The second-order valence-electron chi connectivity index (χ2n) is 7.06. The minimum atomic E-state index is -0.118. The number of para-hydroxylation sites is 2. The van der Waals surface area contributed by atoms with Crippen molar-refractivity contribution < 1.29 is 14.3 Å². The number of fused-ring (bicyclic) bond motifs is 1. The fourth-order valence-corrected chi connectivity index (χ4v) is 3.72. The summed E-state index contributed by atoms with van der Waals surface area (Å²) in [6, 6.07) is 11.9. The first-order chi connectivity index (χ1) is 13.3. The van der Waals surface area contributed by atoms with Crippen molar-refractivity contribution in [1.82, 2.24) is 15.2 Å². The number of benzene rings is 1. The fraction of sp³-hybridized carbons (Fsp3) is 0.429. The van der Waals surface area contributed by atoms with Crippen LogP contribution in [0, 0.1) is 0 Å². The molecule has 1 aromatic heterocycles. The Balaban J connectivity index is 1.27. The Bertz CT molecular complexity index is 768. The van der Waals surface area contributed by atoms with Gasteiger partial charge in [0.15, 0.2) is 17.6 Å². The van der Waals surface area contributed by atoms with Crippen LogP contribution in [0.1, 0.15) is 24.8 Å². The molecule has 0 radical (unpaired) electrons. The first-order valence-corrected chi connectivity index (χ1v) is 9.57. The summed E-state index contributed by atoms with van der Waals surface area (Å²) in [6.07, 6.45) is 6.01. The van der Waals surface area contributed by atoms with E-state index in [2.05, 4.69) is 16.4 Å². The second kappa shape index (κ2) is 8.39. The van der Waals surface area contributed by atoms with Gasteiger partial charge in [-0.25, -0.2) is 0 Å². The molecule has 142 valence electrons. The van der Waals surface area contributed by atoms with E-state index in [-0.39, 0.29) is 18.1 Å². The summed E-state index contributed by atoms with van der Waals surface area (Å²) in [4.78, 5) is 18.5. The van der Waals surface area contributed by atoms with E-state index in [1.54, 1.807) is 6.20 Å². The lowest BCUT2D eigenvalue weighted by atomic mass is 10.1. The van der Waals surface area contributed by atoms with Crippen LogP contribution < -0.4 is 14.8 Å². The monoisotopic (exact) mass is 367 g/mol. The standard InChI is InChI=1S/C21H25N3O3/c25-21-8-7-17(9-11-23-13-16-4-3-10-22-12-16)24(21)14-18-15-26-19-5-1-2-6-20(19)27-18/h1-6,10,12,17-18,23H,7-9,11,13-15H2. The number of nitrogens with one attached hydrogen (secondary N) is 1. The molecule has 6 heteroatoms. The summed E-state index contributed by atoms with van der Waals surface area (Å²) in [5.74, 6) is 1.75. The predicted octanol–water partition coefficient (Wildman–Crippen LogP) is 2.39. The van der Waals surface area contributed by atoms with E-state index in [0.717, 1.165) is 37.4 Å². The first kappa shape index (κ1) is 17.8. The molecule has 2 atom stereocenters. The molecule has 6 nitrogen and oxygen atoms in total. The number of amides is 1. The second-order valence-corrected chi connectivity index (χ2v) is 7.06. The molecule has 1 aromatic carbocycles. The van der Waals surface area contributed by atoms with Crippen LogP contribution in [0.15, 0.2) is 48.8 Å². The number of nitrogens with zero attached hydrogens (tertiary/aromatic N) is 2. The van der Waals surface area contributed by atoms with Crippen LogP contribution in [-0.4, -0.2) is 47.6 Å². The molecule has 0 saturated carbocycles. The zero-order valence-corrected chi connectivity index (χ0v) is 15.3. The zero-order chi connectivity index (χ0) is 18.5. The molecule has 2 aromatic rings. The average molecular weight is 367 g/mol. The smallest absolute Gasteiger partial charge is 0.223 e. The highest BCUT2D eigenvalue weighted by Gasteiger charge is 2.34. The van der Waals surface area contributed by atoms with E-state index in [9.17, 15) is 4.79 Å². The normalized spacial score (nSPS) is 21.5. The van der Waals surface area contributed by atoms with Gasteiger partial charge in [0.25, 0.3) is 0 Å². The van der Waals surface area contributed by atoms with Crippen LogP contribution in [0.4, 0.5) is 0 Å². The van der Waals surface area contributed by atoms with Gasteiger partial charge >= 0.3 is 0 Å². The Kier molecular flexibility index (Phi) is 5.53. The van der Waals surface area contributed by atoms with Gasteiger partial charge in [-0.1, -0.05) is 18.2 Å². The molecular weight excluding hydrogens is 342 g/mol. The Morgan fingerprint density at radius 2 is 2.07 bits per heavy atom. The lowest BCUT2D eigenvalue weighted by Gasteiger charge is -2.32. The number of likely N-dealkylation sites (tertiary alicyclic amines) is 1. The van der Waals surface area contributed by atoms with Crippen molar-refractivity contribution in [2.75, 3.05) is 19.7 Å². The molecule has 1 saturated heterocycles. The van der Waals surface area contributed by atoms with Crippen molar-refractivity contribution in [2.45, 2.75) is 38.0 Å². The molecule has 3 heterocycles. The number of carbonyl (C=O) groups is 1. The van der Waals surface area contributed by atoms with Crippen molar-refractivity contribution in [1.29, 1.82) is 0 Å². The Morgan fingerprint density at radius 1 is 1.19 bits per heavy atom. The number of carbonyl (C=O) groups excluding carboxylic acids is 1. The van der Waals surface area contributed by atoms with Gasteiger partial charge in [0.2, 0.25) is 5.91 Å². The quantitative estimate of drug-likeness (QED) is 0.762. The number of ether oxygens (including phenoxy) is 2. The summed E-state index contributed by atoms with van der Waals surface area (Å²) in [7, 11) is 0. The van der Waals surface area contributed by atoms with Gasteiger partial charge in [-0.15, -0.1) is 0 Å². The largest absolute Gasteiger partial charge is 0.486 e. The molecular formula is C21H25N3O3. The number of hydrogen-bond donors (Lipinski definition) is 1. The van der Waals surface area contributed by atoms with Crippen molar-refractivity contribution in [3.8, 4) is 11.5 Å². The lowest BCUT2D eigenvalue weighted by molar-refractivity contribution is -0.130. The molecule has 1 fully saturated rings. The minimum Gasteiger partial charge on any atom is -0.486 e. The maximum Gasteiger partial charge on any atom is 0.223 e. The van der Waals surface area contributed by atoms with Gasteiger partial charge in [-0.2, -0.15) is 0 Å². The van der Waals surface area contributed by atoms with Gasteiger partial charge in [0.1, 0.15) is 6.61 Å². The third-order valence-electron chi connectivity index (χ3n) is 5.13. The molecule has 1 amide bonds. The van der Waals surface area contributed by atoms with Crippen LogP contribution in [0.5, 0.6) is 11.5 Å². The van der Waals surface area contributed by atoms with E-state index in [1.165, 1.54) is 5.56 Å². The van der Waals surface area contributed by atoms with E-state index in [4.69, 9.17) is 9.47 Å². The average Bonchev–Trinajstić information content (AvgIpc) is 3.05. The van der Waals surface area contributed by atoms with Crippen LogP contribution >= 0.6 is 0 Å². The summed E-state index contributed by atoms with van der Waals surface area (Å²) in [5, 5.41) is 3.45. The summed E-state index contributed by atoms with van der Waals surface area (Å²) >= 11 is 0. The highest BCUT2D eigenvalue weighted by Crippen LogP contribution is 2.32. The fourth-order valence-electron chi connectivity index (χ4n) is 3.72. The molecule has 4 rings (SSSR count). The highest BCUT2D eigenvalue weighted by atomic mass is 16.6. The van der Waals surface area contributed by atoms with Gasteiger partial charge in [-0.05, 0) is 43.1 Å².